The Bertz CT molecular complexity index is 913. The summed E-state index contributed by atoms with van der Waals surface area (Å²) in [4.78, 5) is 14.3. The number of sulfonamides is 1. The third kappa shape index (κ3) is 4.58. The number of rotatable bonds is 4. The molecule has 2 aromatic carbocycles. The molecule has 1 aliphatic rings. The monoisotopic (exact) mass is 390 g/mol. The van der Waals surface area contributed by atoms with E-state index >= 15 is 0 Å². The first-order valence-electron chi connectivity index (χ1n) is 8.66. The van der Waals surface area contributed by atoms with E-state index in [1.54, 1.807) is 29.2 Å². The molecule has 1 fully saturated rings. The van der Waals surface area contributed by atoms with E-state index in [-0.39, 0.29) is 33.9 Å². The van der Waals surface area contributed by atoms with Crippen LogP contribution in [0.3, 0.4) is 0 Å². The van der Waals surface area contributed by atoms with Gasteiger partial charge >= 0.3 is 0 Å². The average molecular weight is 390 g/mol. The molecule has 1 amide bonds. The fraction of sp³-hybridized carbons (Fsp3) is 0.316. The van der Waals surface area contributed by atoms with Crippen LogP contribution in [0.1, 0.15) is 28.8 Å². The second-order valence-electron chi connectivity index (χ2n) is 6.74. The topological polar surface area (TPSA) is 107 Å². The van der Waals surface area contributed by atoms with Crippen LogP contribution in [0, 0.1) is 6.92 Å². The van der Waals surface area contributed by atoms with Gasteiger partial charge in [0.05, 0.1) is 4.90 Å². The van der Waals surface area contributed by atoms with Crippen molar-refractivity contribution in [2.75, 3.05) is 13.1 Å². The van der Waals surface area contributed by atoms with Crippen molar-refractivity contribution < 1.29 is 23.4 Å². The molecule has 0 spiro atoms. The van der Waals surface area contributed by atoms with Crippen molar-refractivity contribution in [3.63, 3.8) is 0 Å². The van der Waals surface area contributed by atoms with Gasteiger partial charge in [0.15, 0.2) is 0 Å². The number of benzene rings is 2. The molecule has 0 radical (unpaired) electrons. The molecule has 0 aliphatic carbocycles. The molecule has 2 aromatic rings. The average Bonchev–Trinajstić information content (AvgIpc) is 2.61. The molecule has 3 N–H and O–H groups in total. The van der Waals surface area contributed by atoms with Crippen molar-refractivity contribution in [3.05, 3.63) is 53.6 Å². The van der Waals surface area contributed by atoms with Crippen molar-refractivity contribution in [1.82, 2.24) is 9.62 Å². The summed E-state index contributed by atoms with van der Waals surface area (Å²) in [5.41, 5.74) is 1.19. The molecular formula is C19H22N2O5S. The smallest absolute Gasteiger partial charge is 0.254 e. The Morgan fingerprint density at radius 2 is 1.59 bits per heavy atom. The Morgan fingerprint density at radius 1 is 1.04 bits per heavy atom. The Hall–Kier alpha value is -2.58. The van der Waals surface area contributed by atoms with Crippen molar-refractivity contribution in [1.29, 1.82) is 0 Å². The third-order valence-electron chi connectivity index (χ3n) is 4.58. The molecule has 3 rings (SSSR count). The second-order valence-corrected chi connectivity index (χ2v) is 8.45. The van der Waals surface area contributed by atoms with Crippen molar-refractivity contribution in [2.45, 2.75) is 30.7 Å². The summed E-state index contributed by atoms with van der Waals surface area (Å²) in [5, 5.41) is 19.1. The third-order valence-corrected chi connectivity index (χ3v) is 6.12. The van der Waals surface area contributed by atoms with Crippen LogP contribution in [0.15, 0.2) is 47.4 Å². The van der Waals surface area contributed by atoms with Gasteiger partial charge in [0.25, 0.3) is 5.91 Å². The number of carbonyl (C=O) groups excluding carboxylic acids is 1. The fourth-order valence-electron chi connectivity index (χ4n) is 3.11. The van der Waals surface area contributed by atoms with Gasteiger partial charge in [0.1, 0.15) is 11.5 Å². The van der Waals surface area contributed by atoms with E-state index in [1.807, 2.05) is 6.92 Å². The predicted octanol–water partition coefficient (Wildman–Crippen LogP) is 1.99. The lowest BCUT2D eigenvalue weighted by Gasteiger charge is -2.32. The maximum Gasteiger partial charge on any atom is 0.254 e. The van der Waals surface area contributed by atoms with Gasteiger partial charge in [-0.05, 0) is 44.0 Å². The van der Waals surface area contributed by atoms with Gasteiger partial charge in [0, 0.05) is 30.8 Å². The molecule has 27 heavy (non-hydrogen) atoms. The molecule has 7 nitrogen and oxygen atoms in total. The summed E-state index contributed by atoms with van der Waals surface area (Å²) in [6.45, 7) is 2.66. The molecule has 1 aliphatic heterocycles. The second kappa shape index (κ2) is 7.58. The summed E-state index contributed by atoms with van der Waals surface area (Å²) in [6, 6.07) is 10.2. The first kappa shape index (κ1) is 19.2. The zero-order valence-corrected chi connectivity index (χ0v) is 15.7. The van der Waals surface area contributed by atoms with Crippen LogP contribution in [-0.2, 0) is 10.0 Å². The lowest BCUT2D eigenvalue weighted by Crippen LogP contribution is -2.46. The van der Waals surface area contributed by atoms with Crippen LogP contribution in [0.4, 0.5) is 0 Å². The van der Waals surface area contributed by atoms with Gasteiger partial charge in [-0.3, -0.25) is 4.79 Å². The largest absolute Gasteiger partial charge is 0.508 e. The highest BCUT2D eigenvalue weighted by molar-refractivity contribution is 7.89. The van der Waals surface area contributed by atoms with E-state index in [2.05, 4.69) is 4.72 Å². The Labute approximate surface area is 158 Å². The zero-order valence-electron chi connectivity index (χ0n) is 14.9. The van der Waals surface area contributed by atoms with Crippen LogP contribution in [0.25, 0.3) is 0 Å². The molecular weight excluding hydrogens is 368 g/mol. The van der Waals surface area contributed by atoms with E-state index in [9.17, 15) is 23.4 Å². The van der Waals surface area contributed by atoms with Gasteiger partial charge in [-0.1, -0.05) is 17.7 Å². The standard InChI is InChI=1S/C19H22N2O5S/c1-13-2-4-18(5-3-13)27(25,26)20-15-6-8-21(9-7-15)19(24)14-10-16(22)12-17(23)11-14/h2-5,10-12,15,20,22-23H,6-9H2,1H3. The molecule has 0 aromatic heterocycles. The maximum atomic E-state index is 12.5. The summed E-state index contributed by atoms with van der Waals surface area (Å²) >= 11 is 0. The molecule has 0 atom stereocenters. The number of amides is 1. The SMILES string of the molecule is Cc1ccc(S(=O)(=O)NC2CCN(C(=O)c3cc(O)cc(O)c3)CC2)cc1. The number of likely N-dealkylation sites (tertiary alicyclic amines) is 1. The summed E-state index contributed by atoms with van der Waals surface area (Å²) in [5.74, 6) is -0.667. The van der Waals surface area contributed by atoms with Crippen LogP contribution in [0.2, 0.25) is 0 Å². The van der Waals surface area contributed by atoms with Crippen molar-refractivity contribution in [2.24, 2.45) is 0 Å². The van der Waals surface area contributed by atoms with Crippen molar-refractivity contribution >= 4 is 15.9 Å². The number of hydrogen-bond acceptors (Lipinski definition) is 5. The summed E-state index contributed by atoms with van der Waals surface area (Å²) in [7, 11) is -3.60. The molecule has 0 bridgehead atoms. The number of nitrogens with zero attached hydrogens (tertiary/aromatic N) is 1. The highest BCUT2D eigenvalue weighted by atomic mass is 32.2. The predicted molar refractivity (Wildman–Crippen MR) is 100 cm³/mol. The van der Waals surface area contributed by atoms with Gasteiger partial charge in [-0.25, -0.2) is 13.1 Å². The van der Waals surface area contributed by atoms with Crippen molar-refractivity contribution in [3.8, 4) is 11.5 Å². The number of aromatic hydroxyl groups is 2. The van der Waals surface area contributed by atoms with Gasteiger partial charge in [0.2, 0.25) is 10.0 Å². The van der Waals surface area contributed by atoms with E-state index < -0.39 is 10.0 Å². The first-order chi connectivity index (χ1) is 12.7. The van der Waals surface area contributed by atoms with Crippen LogP contribution in [0.5, 0.6) is 11.5 Å². The number of piperidine rings is 1. The van der Waals surface area contributed by atoms with Gasteiger partial charge < -0.3 is 15.1 Å². The minimum absolute atomic E-state index is 0.181. The van der Waals surface area contributed by atoms with E-state index in [4.69, 9.17) is 0 Å². The minimum atomic E-state index is -3.60. The quantitative estimate of drug-likeness (QED) is 0.740. The normalized spacial score (nSPS) is 15.7. The maximum absolute atomic E-state index is 12.5. The summed E-state index contributed by atoms with van der Waals surface area (Å²) < 4.78 is 27.7. The van der Waals surface area contributed by atoms with Crippen LogP contribution < -0.4 is 4.72 Å². The molecule has 1 saturated heterocycles. The summed E-state index contributed by atoms with van der Waals surface area (Å²) in [6.07, 6.45) is 0.975. The Balaban J connectivity index is 1.61. The zero-order chi connectivity index (χ0) is 19.6. The number of hydrogen-bond donors (Lipinski definition) is 3. The van der Waals surface area contributed by atoms with Gasteiger partial charge in [-0.2, -0.15) is 0 Å². The number of phenols is 2. The number of phenolic OH excluding ortho intramolecular Hbond substituents is 2. The lowest BCUT2D eigenvalue weighted by atomic mass is 10.0. The van der Waals surface area contributed by atoms with E-state index in [0.717, 1.165) is 11.6 Å². The van der Waals surface area contributed by atoms with Crippen LogP contribution in [-0.4, -0.2) is 48.6 Å². The number of carbonyl (C=O) groups is 1. The van der Waals surface area contributed by atoms with E-state index in [1.165, 1.54) is 12.1 Å². The Morgan fingerprint density at radius 3 is 2.15 bits per heavy atom. The van der Waals surface area contributed by atoms with E-state index in [0.29, 0.717) is 25.9 Å². The Kier molecular flexibility index (Phi) is 5.38. The molecule has 144 valence electrons. The lowest BCUT2D eigenvalue weighted by molar-refractivity contribution is 0.0710. The molecule has 8 heteroatoms. The number of nitrogens with one attached hydrogen (secondary N) is 1. The fourth-order valence-corrected chi connectivity index (χ4v) is 4.41. The number of aryl methyl sites for hydroxylation is 1. The first-order valence-corrected chi connectivity index (χ1v) is 10.1. The minimum Gasteiger partial charge on any atom is -0.508 e. The molecule has 0 saturated carbocycles. The molecule has 0 unspecified atom stereocenters. The van der Waals surface area contributed by atoms with Gasteiger partial charge in [-0.15, -0.1) is 0 Å². The highest BCUT2D eigenvalue weighted by Gasteiger charge is 2.27. The highest BCUT2D eigenvalue weighted by Crippen LogP contribution is 2.23. The van der Waals surface area contributed by atoms with Crippen LogP contribution >= 0.6 is 0 Å². The molecule has 1 heterocycles.